The minimum absolute atomic E-state index is 0.0266. The number of amides is 1. The van der Waals surface area contributed by atoms with Crippen molar-refractivity contribution in [1.82, 2.24) is 0 Å². The minimum atomic E-state index is -1.13. The maximum absolute atomic E-state index is 13.9. The number of anilines is 1. The monoisotopic (exact) mass is 569 g/mol. The van der Waals surface area contributed by atoms with Crippen LogP contribution in [0.15, 0.2) is 54.1 Å². The number of nitrogens with zero attached hydrogens (tertiary/aromatic N) is 1. The molecule has 4 rings (SSSR count). The molecule has 0 spiro atoms. The molecule has 11 heteroatoms. The second kappa shape index (κ2) is 10.2. The third kappa shape index (κ3) is 4.37. The van der Waals surface area contributed by atoms with Crippen LogP contribution < -0.4 is 14.4 Å². The lowest BCUT2D eigenvalue weighted by atomic mass is 9.94. The highest BCUT2D eigenvalue weighted by Gasteiger charge is 2.47. The van der Waals surface area contributed by atoms with Crippen molar-refractivity contribution >= 4 is 69.5 Å². The van der Waals surface area contributed by atoms with Gasteiger partial charge in [-0.2, -0.15) is 0 Å². The first-order valence-electron chi connectivity index (χ1n) is 10.2. The van der Waals surface area contributed by atoms with Crippen molar-refractivity contribution in [2.24, 2.45) is 0 Å². The predicted octanol–water partition coefficient (Wildman–Crippen LogP) is 7.08. The third-order valence-electron chi connectivity index (χ3n) is 5.61. The fourth-order valence-corrected chi connectivity index (χ4v) is 4.97. The van der Waals surface area contributed by atoms with Crippen LogP contribution in [0.1, 0.15) is 17.2 Å². The first-order chi connectivity index (χ1) is 17.1. The SMILES string of the molecule is COc1c(Cl)cc(/C(O)=C2\C(=O)C(=O)N(c3ccc(F)c(Cl)c3)C2c2ccc(Cl)cc2)c(OC)c1Cl. The van der Waals surface area contributed by atoms with Crippen LogP contribution in [0, 0.1) is 5.82 Å². The number of rotatable bonds is 5. The van der Waals surface area contributed by atoms with E-state index in [1.807, 2.05) is 0 Å². The van der Waals surface area contributed by atoms with Gasteiger partial charge in [-0.15, -0.1) is 0 Å². The van der Waals surface area contributed by atoms with Crippen LogP contribution in [0.2, 0.25) is 20.1 Å². The highest BCUT2D eigenvalue weighted by atomic mass is 35.5. The maximum atomic E-state index is 13.9. The van der Waals surface area contributed by atoms with Gasteiger partial charge in [0.15, 0.2) is 11.5 Å². The number of halogens is 5. The van der Waals surface area contributed by atoms with Crippen LogP contribution in [0.5, 0.6) is 11.5 Å². The topological polar surface area (TPSA) is 76.1 Å². The standard InChI is InChI=1S/C25H16Cl4FNO5/c1-35-23-14(10-16(28)24(36-2)19(23)29)21(32)18-20(11-3-5-12(26)6-4-11)31(25(34)22(18)33)13-7-8-17(30)15(27)9-13/h3-10,20,32H,1-2H3/b21-18+. The van der Waals surface area contributed by atoms with Gasteiger partial charge in [0.2, 0.25) is 0 Å². The summed E-state index contributed by atoms with van der Waals surface area (Å²) in [5.41, 5.74) is 0.256. The van der Waals surface area contributed by atoms with Crippen molar-refractivity contribution in [3.05, 3.63) is 91.1 Å². The second-order valence-electron chi connectivity index (χ2n) is 7.61. The number of carbonyl (C=O) groups is 2. The van der Waals surface area contributed by atoms with Crippen molar-refractivity contribution in [3.63, 3.8) is 0 Å². The molecule has 0 aromatic heterocycles. The molecule has 1 heterocycles. The highest BCUT2D eigenvalue weighted by Crippen LogP contribution is 2.48. The lowest BCUT2D eigenvalue weighted by Crippen LogP contribution is -2.29. The summed E-state index contributed by atoms with van der Waals surface area (Å²) in [5.74, 6) is -3.19. The number of ketones is 1. The van der Waals surface area contributed by atoms with Gasteiger partial charge >= 0.3 is 0 Å². The molecule has 1 aliphatic heterocycles. The summed E-state index contributed by atoms with van der Waals surface area (Å²) in [4.78, 5) is 27.7. The van der Waals surface area contributed by atoms with E-state index < -0.39 is 29.3 Å². The van der Waals surface area contributed by atoms with Crippen LogP contribution in [-0.2, 0) is 9.59 Å². The number of hydrogen-bond acceptors (Lipinski definition) is 5. The largest absolute Gasteiger partial charge is 0.507 e. The van der Waals surface area contributed by atoms with Gasteiger partial charge in [0.05, 0.1) is 41.4 Å². The molecule has 3 aromatic carbocycles. The molecule has 0 aliphatic carbocycles. The van der Waals surface area contributed by atoms with Crippen molar-refractivity contribution in [1.29, 1.82) is 0 Å². The molecule has 36 heavy (non-hydrogen) atoms. The summed E-state index contributed by atoms with van der Waals surface area (Å²) in [6, 6.07) is 10.1. The average Bonchev–Trinajstić information content (AvgIpc) is 3.11. The molecule has 6 nitrogen and oxygen atoms in total. The molecular weight excluding hydrogens is 555 g/mol. The molecular formula is C25H16Cl4FNO5. The van der Waals surface area contributed by atoms with Gasteiger partial charge in [-0.1, -0.05) is 58.5 Å². The summed E-state index contributed by atoms with van der Waals surface area (Å²) in [7, 11) is 2.66. The number of Topliss-reactive ketones (excluding diaryl/α,β-unsaturated/α-hetero) is 1. The Bertz CT molecular complexity index is 1420. The number of aliphatic hydroxyl groups is 1. The van der Waals surface area contributed by atoms with Crippen molar-refractivity contribution in [2.45, 2.75) is 6.04 Å². The molecule has 0 radical (unpaired) electrons. The van der Waals surface area contributed by atoms with E-state index in [0.29, 0.717) is 10.6 Å². The molecule has 0 saturated carbocycles. The van der Waals surface area contributed by atoms with Gasteiger partial charge in [-0.25, -0.2) is 4.39 Å². The van der Waals surface area contributed by atoms with Crippen LogP contribution in [-0.4, -0.2) is 31.0 Å². The Morgan fingerprint density at radius 3 is 2.14 bits per heavy atom. The van der Waals surface area contributed by atoms with Gasteiger partial charge in [-0.05, 0) is 42.0 Å². The van der Waals surface area contributed by atoms with Gasteiger partial charge in [0.1, 0.15) is 16.6 Å². The Balaban J connectivity index is 2.02. The zero-order chi connectivity index (χ0) is 26.3. The zero-order valence-electron chi connectivity index (χ0n) is 18.6. The van der Waals surface area contributed by atoms with E-state index in [9.17, 15) is 19.1 Å². The predicted molar refractivity (Wildman–Crippen MR) is 137 cm³/mol. The van der Waals surface area contributed by atoms with Crippen LogP contribution in [0.25, 0.3) is 5.76 Å². The molecule has 0 bridgehead atoms. The highest BCUT2D eigenvalue weighted by molar-refractivity contribution is 6.52. The molecule has 1 amide bonds. The maximum Gasteiger partial charge on any atom is 0.300 e. The molecule has 1 unspecified atom stereocenters. The average molecular weight is 571 g/mol. The van der Waals surface area contributed by atoms with E-state index in [4.69, 9.17) is 55.9 Å². The smallest absolute Gasteiger partial charge is 0.300 e. The van der Waals surface area contributed by atoms with Crippen molar-refractivity contribution in [2.75, 3.05) is 19.1 Å². The molecule has 1 saturated heterocycles. The quantitative estimate of drug-likeness (QED) is 0.201. The van der Waals surface area contributed by atoms with Gasteiger partial charge < -0.3 is 14.6 Å². The van der Waals surface area contributed by atoms with Crippen LogP contribution in [0.4, 0.5) is 10.1 Å². The van der Waals surface area contributed by atoms with Gasteiger partial charge in [-0.3, -0.25) is 14.5 Å². The van der Waals surface area contributed by atoms with E-state index in [2.05, 4.69) is 0 Å². The van der Waals surface area contributed by atoms with E-state index in [-0.39, 0.29) is 43.4 Å². The fourth-order valence-electron chi connectivity index (χ4n) is 3.99. The first-order valence-corrected chi connectivity index (χ1v) is 11.7. The Kier molecular flexibility index (Phi) is 7.38. The second-order valence-corrected chi connectivity index (χ2v) is 9.23. The number of methoxy groups -OCH3 is 2. The van der Waals surface area contributed by atoms with Crippen molar-refractivity contribution < 1.29 is 28.6 Å². The zero-order valence-corrected chi connectivity index (χ0v) is 21.6. The summed E-state index contributed by atoms with van der Waals surface area (Å²) in [6.45, 7) is 0. The first kappa shape index (κ1) is 26.1. The molecule has 1 aliphatic rings. The summed E-state index contributed by atoms with van der Waals surface area (Å²) >= 11 is 24.6. The molecule has 3 aromatic rings. The Morgan fingerprint density at radius 1 is 0.917 bits per heavy atom. The number of carbonyl (C=O) groups excluding carboxylic acids is 2. The summed E-state index contributed by atoms with van der Waals surface area (Å²) in [5, 5.41) is 11.6. The van der Waals surface area contributed by atoms with Gasteiger partial charge in [0, 0.05) is 10.7 Å². The number of benzene rings is 3. The molecule has 1 fully saturated rings. The Labute approximate surface area is 225 Å². The fraction of sp³-hybridized carbons (Fsp3) is 0.120. The lowest BCUT2D eigenvalue weighted by molar-refractivity contribution is -0.132. The van der Waals surface area contributed by atoms with Crippen LogP contribution >= 0.6 is 46.4 Å². The number of aliphatic hydroxyl groups excluding tert-OH is 1. The number of ether oxygens (including phenoxy) is 2. The summed E-state index contributed by atoms with van der Waals surface area (Å²) < 4.78 is 24.4. The molecule has 1 N–H and O–H groups in total. The number of hydrogen-bond donors (Lipinski definition) is 1. The normalized spacial score (nSPS) is 17.0. The summed E-state index contributed by atoms with van der Waals surface area (Å²) in [6.07, 6.45) is 0. The molecule has 1 atom stereocenters. The van der Waals surface area contributed by atoms with E-state index in [0.717, 1.165) is 11.0 Å². The third-order valence-corrected chi connectivity index (χ3v) is 6.77. The Morgan fingerprint density at radius 2 is 1.56 bits per heavy atom. The molecule has 186 valence electrons. The van der Waals surface area contributed by atoms with Crippen LogP contribution in [0.3, 0.4) is 0 Å². The minimum Gasteiger partial charge on any atom is -0.507 e. The Hall–Kier alpha value is -2.97. The van der Waals surface area contributed by atoms with E-state index in [1.165, 1.54) is 32.4 Å². The van der Waals surface area contributed by atoms with E-state index in [1.54, 1.807) is 24.3 Å². The van der Waals surface area contributed by atoms with Gasteiger partial charge in [0.25, 0.3) is 11.7 Å². The van der Waals surface area contributed by atoms with Crippen molar-refractivity contribution in [3.8, 4) is 11.5 Å². The lowest BCUT2D eigenvalue weighted by Gasteiger charge is -2.26. The van der Waals surface area contributed by atoms with E-state index >= 15 is 0 Å².